The van der Waals surface area contributed by atoms with Crippen LogP contribution in [0.2, 0.25) is 0 Å². The van der Waals surface area contributed by atoms with Gasteiger partial charge in [0, 0.05) is 13.1 Å². The first-order chi connectivity index (χ1) is 9.78. The van der Waals surface area contributed by atoms with Crippen LogP contribution in [0.4, 0.5) is 4.79 Å². The van der Waals surface area contributed by atoms with E-state index in [-0.39, 0.29) is 5.71 Å². The maximum atomic E-state index is 12.8. The Labute approximate surface area is 125 Å². The lowest BCUT2D eigenvalue weighted by molar-refractivity contribution is -0.405. The minimum atomic E-state index is -3.78. The monoisotopic (exact) mass is 316 g/mol. The van der Waals surface area contributed by atoms with Crippen LogP contribution in [0, 0.1) is 0 Å². The lowest BCUT2D eigenvalue weighted by Gasteiger charge is -2.28. The summed E-state index contributed by atoms with van der Waals surface area (Å²) in [6.07, 6.45) is 3.63. The fourth-order valence-corrected chi connectivity index (χ4v) is 4.86. The van der Waals surface area contributed by atoms with Crippen molar-refractivity contribution in [3.05, 3.63) is 0 Å². The number of hydrogen-bond donors (Lipinski definition) is 0. The van der Waals surface area contributed by atoms with Crippen molar-refractivity contribution in [2.24, 2.45) is 0 Å². The second kappa shape index (κ2) is 5.84. The second-order valence-electron chi connectivity index (χ2n) is 5.62. The van der Waals surface area contributed by atoms with Crippen molar-refractivity contribution >= 4 is 27.7 Å². The minimum Gasteiger partial charge on any atom is -0.245 e. The molecule has 1 fully saturated rings. The molecule has 0 aromatic rings. The SMILES string of the molecule is CC1=[N+](C)C(=O)N(C)C(=O)C1S(=O)(=O)N1CCCCCC1. The van der Waals surface area contributed by atoms with Gasteiger partial charge in [-0.1, -0.05) is 12.8 Å². The number of rotatable bonds is 2. The number of urea groups is 1. The first kappa shape index (κ1) is 16.1. The smallest absolute Gasteiger partial charge is 0.245 e. The summed E-state index contributed by atoms with van der Waals surface area (Å²) in [6, 6.07) is -0.500. The lowest BCUT2D eigenvalue weighted by atomic mass is 10.2. The molecule has 7 nitrogen and oxygen atoms in total. The van der Waals surface area contributed by atoms with Gasteiger partial charge < -0.3 is 0 Å². The van der Waals surface area contributed by atoms with E-state index in [2.05, 4.69) is 0 Å². The Kier molecular flexibility index (Phi) is 4.48. The van der Waals surface area contributed by atoms with Crippen molar-refractivity contribution in [3.8, 4) is 0 Å². The quantitative estimate of drug-likeness (QED) is 0.685. The van der Waals surface area contributed by atoms with E-state index in [9.17, 15) is 18.0 Å². The third kappa shape index (κ3) is 2.74. The van der Waals surface area contributed by atoms with Gasteiger partial charge in [-0.15, -0.1) is 0 Å². The third-order valence-electron chi connectivity index (χ3n) is 4.26. The van der Waals surface area contributed by atoms with Crippen molar-refractivity contribution < 1.29 is 22.6 Å². The van der Waals surface area contributed by atoms with Crippen LogP contribution in [0.25, 0.3) is 0 Å². The molecule has 0 radical (unpaired) electrons. The number of hydrogen-bond acceptors (Lipinski definition) is 4. The zero-order valence-corrected chi connectivity index (χ0v) is 13.5. The maximum Gasteiger partial charge on any atom is 0.500 e. The van der Waals surface area contributed by atoms with Gasteiger partial charge in [-0.3, -0.25) is 0 Å². The normalized spacial score (nSPS) is 26.2. The summed E-state index contributed by atoms with van der Waals surface area (Å²) >= 11 is 0. The van der Waals surface area contributed by atoms with Gasteiger partial charge in [0.25, 0.3) is 0 Å². The van der Waals surface area contributed by atoms with E-state index in [1.165, 1.54) is 29.9 Å². The van der Waals surface area contributed by atoms with E-state index < -0.39 is 27.2 Å². The standard InChI is InChI=1S/C13H22N3O4S/c1-10-11(12(17)15(3)13(18)14(10)2)21(19,20)16-8-6-4-5-7-9-16/h11H,4-9H2,1-3H3/q+1. The van der Waals surface area contributed by atoms with Crippen molar-refractivity contribution in [2.75, 3.05) is 27.2 Å². The Balaban J connectivity index is 2.42. The van der Waals surface area contributed by atoms with Crippen LogP contribution in [-0.2, 0) is 14.8 Å². The minimum absolute atomic E-state index is 0.271. The van der Waals surface area contributed by atoms with E-state index in [0.717, 1.165) is 30.6 Å². The second-order valence-corrected chi connectivity index (χ2v) is 7.64. The van der Waals surface area contributed by atoms with Crippen molar-refractivity contribution in [1.82, 2.24) is 9.21 Å². The highest BCUT2D eigenvalue weighted by Gasteiger charge is 2.51. The van der Waals surface area contributed by atoms with Gasteiger partial charge in [0.15, 0.2) is 0 Å². The number of carbonyl (C=O) groups is 2. The molecule has 0 N–H and O–H groups in total. The molecule has 118 valence electrons. The molecule has 21 heavy (non-hydrogen) atoms. The lowest BCUT2D eigenvalue weighted by Crippen LogP contribution is -2.59. The van der Waals surface area contributed by atoms with Crippen LogP contribution in [0.15, 0.2) is 0 Å². The molecular weight excluding hydrogens is 294 g/mol. The van der Waals surface area contributed by atoms with E-state index >= 15 is 0 Å². The fraction of sp³-hybridized carbons (Fsp3) is 0.769. The van der Waals surface area contributed by atoms with Crippen LogP contribution < -0.4 is 0 Å². The van der Waals surface area contributed by atoms with Crippen molar-refractivity contribution in [3.63, 3.8) is 0 Å². The molecule has 0 aromatic heterocycles. The number of nitrogens with zero attached hydrogens (tertiary/aromatic N) is 3. The zero-order valence-electron chi connectivity index (χ0n) is 12.7. The van der Waals surface area contributed by atoms with Crippen LogP contribution in [-0.4, -0.2) is 72.3 Å². The molecule has 2 aliphatic heterocycles. The molecular formula is C13H22N3O4S+. The van der Waals surface area contributed by atoms with Gasteiger partial charge in [-0.2, -0.15) is 14.3 Å². The topological polar surface area (TPSA) is 77.8 Å². The molecule has 0 saturated carbocycles. The molecule has 8 heteroatoms. The predicted octanol–water partition coefficient (Wildman–Crippen LogP) is 0.256. The average molecular weight is 316 g/mol. The Morgan fingerprint density at radius 1 is 1.10 bits per heavy atom. The summed E-state index contributed by atoms with van der Waals surface area (Å²) in [4.78, 5) is 25.1. The van der Waals surface area contributed by atoms with E-state index in [0.29, 0.717) is 13.1 Å². The van der Waals surface area contributed by atoms with Gasteiger partial charge in [0.05, 0.1) is 14.1 Å². The zero-order chi connectivity index (χ0) is 15.8. The van der Waals surface area contributed by atoms with E-state index in [4.69, 9.17) is 0 Å². The van der Waals surface area contributed by atoms with Crippen LogP contribution in [0.1, 0.15) is 32.6 Å². The fourth-order valence-electron chi connectivity index (χ4n) is 2.79. The van der Waals surface area contributed by atoms with Crippen LogP contribution in [0.3, 0.4) is 0 Å². The molecule has 1 atom stereocenters. The molecule has 0 bridgehead atoms. The Hall–Kier alpha value is -1.28. The molecule has 0 aliphatic carbocycles. The first-order valence-electron chi connectivity index (χ1n) is 7.16. The van der Waals surface area contributed by atoms with Crippen LogP contribution >= 0.6 is 0 Å². The number of imide groups is 1. The number of sulfonamides is 1. The number of amides is 3. The highest BCUT2D eigenvalue weighted by atomic mass is 32.2. The number of carbonyl (C=O) groups excluding carboxylic acids is 2. The highest BCUT2D eigenvalue weighted by Crippen LogP contribution is 2.21. The van der Waals surface area contributed by atoms with Gasteiger partial charge in [-0.05, 0) is 19.8 Å². The Bertz CT molecular complexity index is 589. The maximum absolute atomic E-state index is 12.8. The largest absolute Gasteiger partial charge is 0.500 e. The molecule has 2 aliphatic rings. The summed E-state index contributed by atoms with van der Waals surface area (Å²) in [5.74, 6) is -0.667. The molecule has 1 saturated heterocycles. The summed E-state index contributed by atoms with van der Waals surface area (Å²) in [6.45, 7) is 2.42. The molecule has 2 rings (SSSR count). The molecule has 3 amide bonds. The first-order valence-corrected chi connectivity index (χ1v) is 8.66. The van der Waals surface area contributed by atoms with Gasteiger partial charge >= 0.3 is 11.9 Å². The van der Waals surface area contributed by atoms with E-state index in [1.807, 2.05) is 0 Å². The third-order valence-corrected chi connectivity index (χ3v) is 6.48. The summed E-state index contributed by atoms with van der Waals surface area (Å²) in [5.41, 5.74) is 0.271. The molecule has 1 unspecified atom stereocenters. The predicted molar refractivity (Wildman–Crippen MR) is 77.8 cm³/mol. The van der Waals surface area contributed by atoms with E-state index in [1.54, 1.807) is 0 Å². The summed E-state index contributed by atoms with van der Waals surface area (Å²) < 4.78 is 28.3. The van der Waals surface area contributed by atoms with Gasteiger partial charge in [0.1, 0.15) is 5.71 Å². The Morgan fingerprint density at radius 2 is 1.62 bits per heavy atom. The van der Waals surface area contributed by atoms with Crippen LogP contribution in [0.5, 0.6) is 0 Å². The van der Waals surface area contributed by atoms with Gasteiger partial charge in [-0.25, -0.2) is 17.5 Å². The average Bonchev–Trinajstić information content (AvgIpc) is 2.72. The summed E-state index contributed by atoms with van der Waals surface area (Å²) in [7, 11) is -0.975. The Morgan fingerprint density at radius 3 is 2.14 bits per heavy atom. The molecule has 0 aromatic carbocycles. The van der Waals surface area contributed by atoms with Crippen molar-refractivity contribution in [2.45, 2.75) is 37.9 Å². The van der Waals surface area contributed by atoms with Crippen molar-refractivity contribution in [1.29, 1.82) is 0 Å². The summed E-state index contributed by atoms with van der Waals surface area (Å²) in [5, 5.41) is -1.29. The van der Waals surface area contributed by atoms with Gasteiger partial charge in [0.2, 0.25) is 15.3 Å². The molecule has 2 heterocycles. The molecule has 0 spiro atoms. The highest BCUT2D eigenvalue weighted by molar-refractivity contribution is 7.91.